The maximum absolute atomic E-state index is 12.7. The fourth-order valence-electron chi connectivity index (χ4n) is 2.80. The van der Waals surface area contributed by atoms with Crippen LogP contribution >= 0.6 is 0 Å². The van der Waals surface area contributed by atoms with Gasteiger partial charge in [0.05, 0.1) is 11.4 Å². The number of rotatable bonds is 7. The molecule has 8 heteroatoms. The van der Waals surface area contributed by atoms with Crippen molar-refractivity contribution in [2.24, 2.45) is 0 Å². The minimum atomic E-state index is -3.53. The first-order valence-electron chi connectivity index (χ1n) is 9.10. The molecule has 0 aliphatic carbocycles. The second-order valence-electron chi connectivity index (χ2n) is 6.38. The van der Waals surface area contributed by atoms with Crippen LogP contribution < -0.4 is 10.6 Å². The van der Waals surface area contributed by atoms with E-state index in [1.165, 1.54) is 28.6 Å². The van der Waals surface area contributed by atoms with Gasteiger partial charge in [-0.25, -0.2) is 8.42 Å². The smallest absolute Gasteiger partial charge is 0.251 e. The van der Waals surface area contributed by atoms with E-state index in [1.54, 1.807) is 0 Å². The molecule has 0 bridgehead atoms. The van der Waals surface area contributed by atoms with E-state index in [-0.39, 0.29) is 17.3 Å². The highest BCUT2D eigenvalue weighted by Crippen LogP contribution is 2.20. The van der Waals surface area contributed by atoms with Crippen LogP contribution in [0.1, 0.15) is 49.4 Å². The van der Waals surface area contributed by atoms with Crippen molar-refractivity contribution in [3.8, 4) is 0 Å². The Labute approximate surface area is 155 Å². The molecule has 0 radical (unpaired) electrons. The number of amides is 2. The lowest BCUT2D eigenvalue weighted by Gasteiger charge is -2.20. The molecule has 1 aliphatic heterocycles. The average molecular weight is 381 g/mol. The molecule has 2 amide bonds. The summed E-state index contributed by atoms with van der Waals surface area (Å²) < 4.78 is 26.9. The van der Waals surface area contributed by atoms with Crippen molar-refractivity contribution in [1.82, 2.24) is 14.9 Å². The van der Waals surface area contributed by atoms with E-state index < -0.39 is 15.9 Å². The van der Waals surface area contributed by atoms with E-state index in [0.29, 0.717) is 25.2 Å². The first kappa shape index (κ1) is 20.4. The summed E-state index contributed by atoms with van der Waals surface area (Å²) in [6, 6.07) is 5.85. The van der Waals surface area contributed by atoms with Crippen molar-refractivity contribution in [2.75, 3.05) is 26.2 Å². The number of sulfonamides is 1. The molecule has 0 unspecified atom stereocenters. The molecule has 0 aromatic heterocycles. The topological polar surface area (TPSA) is 95.6 Å². The van der Waals surface area contributed by atoms with Crippen LogP contribution in [-0.4, -0.2) is 50.7 Å². The zero-order valence-corrected chi connectivity index (χ0v) is 16.0. The van der Waals surface area contributed by atoms with Crippen LogP contribution in [0.5, 0.6) is 0 Å². The molecule has 0 spiro atoms. The summed E-state index contributed by atoms with van der Waals surface area (Å²) in [4.78, 5) is 23.8. The predicted octanol–water partition coefficient (Wildman–Crippen LogP) is 1.51. The molecule has 1 aliphatic rings. The fraction of sp³-hybridized carbons (Fsp3) is 0.556. The van der Waals surface area contributed by atoms with Gasteiger partial charge in [0.2, 0.25) is 15.9 Å². The monoisotopic (exact) mass is 381 g/mol. The molecular formula is C18H27N3O4S. The lowest BCUT2D eigenvalue weighted by Crippen LogP contribution is -2.37. The fourth-order valence-corrected chi connectivity index (χ4v) is 4.32. The Kier molecular flexibility index (Phi) is 7.59. The largest absolute Gasteiger partial charge is 0.355 e. The van der Waals surface area contributed by atoms with Crippen LogP contribution in [0.25, 0.3) is 0 Å². The molecule has 144 valence electrons. The van der Waals surface area contributed by atoms with Gasteiger partial charge in [-0.3, -0.25) is 9.59 Å². The Bertz CT molecular complexity index is 708. The molecule has 2 rings (SSSR count). The maximum Gasteiger partial charge on any atom is 0.251 e. The van der Waals surface area contributed by atoms with Gasteiger partial charge in [-0.05, 0) is 43.5 Å². The number of carbonyl (C=O) groups excluding carboxylic acids is 2. The highest BCUT2D eigenvalue weighted by atomic mass is 32.2. The van der Waals surface area contributed by atoms with Crippen LogP contribution in [0.2, 0.25) is 0 Å². The number of nitrogens with one attached hydrogen (secondary N) is 2. The van der Waals surface area contributed by atoms with E-state index in [0.717, 1.165) is 32.1 Å². The van der Waals surface area contributed by atoms with Gasteiger partial charge in [-0.2, -0.15) is 4.31 Å². The predicted molar refractivity (Wildman–Crippen MR) is 99.3 cm³/mol. The Hall–Kier alpha value is -1.93. The number of nitrogens with zero attached hydrogens (tertiary/aromatic N) is 1. The summed E-state index contributed by atoms with van der Waals surface area (Å²) in [6.45, 7) is 3.49. The van der Waals surface area contributed by atoms with Gasteiger partial charge in [-0.1, -0.05) is 19.8 Å². The second-order valence-corrected chi connectivity index (χ2v) is 8.31. The van der Waals surface area contributed by atoms with E-state index in [1.807, 2.05) is 6.92 Å². The van der Waals surface area contributed by atoms with E-state index in [2.05, 4.69) is 10.6 Å². The zero-order chi connectivity index (χ0) is 19.0. The Morgan fingerprint density at radius 2 is 1.62 bits per heavy atom. The number of benzene rings is 1. The minimum absolute atomic E-state index is 0.105. The third-order valence-electron chi connectivity index (χ3n) is 4.30. The first-order valence-corrected chi connectivity index (χ1v) is 10.5. The van der Waals surface area contributed by atoms with Crippen molar-refractivity contribution < 1.29 is 18.0 Å². The Morgan fingerprint density at radius 1 is 1.00 bits per heavy atom. The molecule has 7 nitrogen and oxygen atoms in total. The summed E-state index contributed by atoms with van der Waals surface area (Å²) >= 11 is 0. The zero-order valence-electron chi connectivity index (χ0n) is 15.2. The van der Waals surface area contributed by atoms with Gasteiger partial charge in [0.25, 0.3) is 5.91 Å². The minimum Gasteiger partial charge on any atom is -0.355 e. The van der Waals surface area contributed by atoms with Crippen LogP contribution in [0.4, 0.5) is 0 Å². The first-order chi connectivity index (χ1) is 12.4. The molecule has 0 atom stereocenters. The van der Waals surface area contributed by atoms with Gasteiger partial charge >= 0.3 is 0 Å². The van der Waals surface area contributed by atoms with Crippen molar-refractivity contribution >= 4 is 21.8 Å². The molecular weight excluding hydrogens is 354 g/mol. The molecule has 1 aromatic carbocycles. The number of hydrogen-bond acceptors (Lipinski definition) is 4. The normalized spacial score (nSPS) is 15.9. The molecule has 1 fully saturated rings. The molecule has 1 saturated heterocycles. The molecule has 1 heterocycles. The van der Waals surface area contributed by atoms with Crippen LogP contribution in [0, 0.1) is 0 Å². The van der Waals surface area contributed by atoms with Gasteiger partial charge in [0, 0.05) is 25.2 Å². The van der Waals surface area contributed by atoms with Crippen LogP contribution in [0.3, 0.4) is 0 Å². The van der Waals surface area contributed by atoms with Gasteiger partial charge < -0.3 is 10.6 Å². The van der Waals surface area contributed by atoms with Crippen molar-refractivity contribution in [3.63, 3.8) is 0 Å². The summed E-state index contributed by atoms with van der Waals surface area (Å²) in [6.07, 6.45) is 4.68. The lowest BCUT2D eigenvalue weighted by molar-refractivity contribution is -0.120. The van der Waals surface area contributed by atoms with E-state index >= 15 is 0 Å². The highest BCUT2D eigenvalue weighted by Gasteiger charge is 2.25. The van der Waals surface area contributed by atoms with Crippen LogP contribution in [-0.2, 0) is 14.8 Å². The third-order valence-corrected chi connectivity index (χ3v) is 6.21. The quantitative estimate of drug-likeness (QED) is 0.748. The van der Waals surface area contributed by atoms with E-state index in [4.69, 9.17) is 0 Å². The Morgan fingerprint density at radius 3 is 2.19 bits per heavy atom. The SMILES string of the molecule is CCCNC(=O)CNC(=O)c1ccc(S(=O)(=O)N2CCCCCC2)cc1. The summed E-state index contributed by atoms with van der Waals surface area (Å²) in [5.74, 6) is -0.657. The number of carbonyl (C=O) groups is 2. The highest BCUT2D eigenvalue weighted by molar-refractivity contribution is 7.89. The molecule has 2 N–H and O–H groups in total. The summed E-state index contributed by atoms with van der Waals surface area (Å²) in [5, 5.41) is 5.20. The average Bonchev–Trinajstić information content (AvgIpc) is 2.94. The summed E-state index contributed by atoms with van der Waals surface area (Å²) in [5.41, 5.74) is 0.322. The summed E-state index contributed by atoms with van der Waals surface area (Å²) in [7, 11) is -3.53. The van der Waals surface area contributed by atoms with Gasteiger partial charge in [0.1, 0.15) is 0 Å². The standard InChI is InChI=1S/C18H27N3O4S/c1-2-11-19-17(22)14-20-18(23)15-7-9-16(10-8-15)26(24,25)21-12-5-3-4-6-13-21/h7-10H,2-6,11-14H2,1H3,(H,19,22)(H,20,23). The maximum atomic E-state index is 12.7. The number of hydrogen-bond donors (Lipinski definition) is 2. The van der Waals surface area contributed by atoms with E-state index in [9.17, 15) is 18.0 Å². The molecule has 26 heavy (non-hydrogen) atoms. The van der Waals surface area contributed by atoms with Crippen molar-refractivity contribution in [2.45, 2.75) is 43.9 Å². The van der Waals surface area contributed by atoms with Gasteiger partial charge in [0.15, 0.2) is 0 Å². The Balaban J connectivity index is 1.98. The third kappa shape index (κ3) is 5.54. The second kappa shape index (κ2) is 9.68. The van der Waals surface area contributed by atoms with Crippen LogP contribution in [0.15, 0.2) is 29.2 Å². The lowest BCUT2D eigenvalue weighted by atomic mass is 10.2. The molecule has 0 saturated carbocycles. The van der Waals surface area contributed by atoms with Gasteiger partial charge in [-0.15, -0.1) is 0 Å². The van der Waals surface area contributed by atoms with Crippen molar-refractivity contribution in [1.29, 1.82) is 0 Å². The molecule has 1 aromatic rings. The van der Waals surface area contributed by atoms with Crippen molar-refractivity contribution in [3.05, 3.63) is 29.8 Å².